The smallest absolute Gasteiger partial charge is 0.128 e. The van der Waals surface area contributed by atoms with Crippen molar-refractivity contribution in [3.05, 3.63) is 22.8 Å². The van der Waals surface area contributed by atoms with Crippen LogP contribution in [0, 0.1) is 17.2 Å². The number of aromatic nitrogens is 1. The molecule has 0 aromatic carbocycles. The Kier molecular flexibility index (Phi) is 3.22. The quantitative estimate of drug-likeness (QED) is 0.784. The number of hydrogen-bond donors (Lipinski definition) is 0. The predicted molar refractivity (Wildman–Crippen MR) is 62.5 cm³/mol. The van der Waals surface area contributed by atoms with Crippen LogP contribution in [0.3, 0.4) is 0 Å². The zero-order valence-corrected chi connectivity index (χ0v) is 9.94. The average molecular weight is 266 g/mol. The summed E-state index contributed by atoms with van der Waals surface area (Å²) >= 11 is 3.37. The Hall–Kier alpha value is -1.08. The number of pyridine rings is 1. The van der Waals surface area contributed by atoms with Crippen molar-refractivity contribution in [2.45, 2.75) is 12.8 Å². The number of nitriles is 1. The summed E-state index contributed by atoms with van der Waals surface area (Å²) in [6, 6.07) is 6.34. The molecule has 0 amide bonds. The SMILES string of the molecule is N#CC1CCN(c2ccc(Br)cn2)CC1. The average Bonchev–Trinajstić information content (AvgIpc) is 2.30. The lowest BCUT2D eigenvalue weighted by molar-refractivity contribution is 0.485. The van der Waals surface area contributed by atoms with E-state index in [-0.39, 0.29) is 5.92 Å². The zero-order valence-electron chi connectivity index (χ0n) is 8.36. The molecule has 0 aliphatic carbocycles. The summed E-state index contributed by atoms with van der Waals surface area (Å²) in [6.45, 7) is 1.87. The molecule has 15 heavy (non-hydrogen) atoms. The van der Waals surface area contributed by atoms with Gasteiger partial charge in [0.15, 0.2) is 0 Å². The molecule has 1 aromatic heterocycles. The highest BCUT2D eigenvalue weighted by Gasteiger charge is 2.19. The Morgan fingerprint density at radius 3 is 2.67 bits per heavy atom. The van der Waals surface area contributed by atoms with Gasteiger partial charge in [-0.3, -0.25) is 0 Å². The van der Waals surface area contributed by atoms with Crippen molar-refractivity contribution in [3.8, 4) is 6.07 Å². The number of anilines is 1. The molecule has 1 saturated heterocycles. The van der Waals surface area contributed by atoms with E-state index in [1.54, 1.807) is 0 Å². The molecule has 1 aromatic rings. The van der Waals surface area contributed by atoms with Crippen molar-refractivity contribution in [1.29, 1.82) is 5.26 Å². The largest absolute Gasteiger partial charge is 0.357 e. The first-order valence-corrected chi connectivity index (χ1v) is 5.85. The van der Waals surface area contributed by atoms with Gasteiger partial charge < -0.3 is 4.90 Å². The van der Waals surface area contributed by atoms with Gasteiger partial charge in [0.25, 0.3) is 0 Å². The lowest BCUT2D eigenvalue weighted by Gasteiger charge is -2.29. The van der Waals surface area contributed by atoms with Crippen molar-refractivity contribution in [3.63, 3.8) is 0 Å². The first-order chi connectivity index (χ1) is 7.29. The molecule has 1 aliphatic heterocycles. The molecule has 0 spiro atoms. The van der Waals surface area contributed by atoms with E-state index in [9.17, 15) is 0 Å². The maximum atomic E-state index is 8.79. The van der Waals surface area contributed by atoms with E-state index in [2.05, 4.69) is 31.9 Å². The van der Waals surface area contributed by atoms with E-state index in [0.717, 1.165) is 36.2 Å². The summed E-state index contributed by atoms with van der Waals surface area (Å²) in [4.78, 5) is 6.59. The fraction of sp³-hybridized carbons (Fsp3) is 0.455. The highest BCUT2D eigenvalue weighted by atomic mass is 79.9. The van der Waals surface area contributed by atoms with Crippen LogP contribution in [0.15, 0.2) is 22.8 Å². The lowest BCUT2D eigenvalue weighted by Crippen LogP contribution is -2.33. The van der Waals surface area contributed by atoms with Crippen molar-refractivity contribution in [1.82, 2.24) is 4.98 Å². The van der Waals surface area contributed by atoms with Crippen LogP contribution in [-0.4, -0.2) is 18.1 Å². The molecule has 0 atom stereocenters. The van der Waals surface area contributed by atoms with Crippen LogP contribution >= 0.6 is 15.9 Å². The minimum atomic E-state index is 0.233. The van der Waals surface area contributed by atoms with Crippen LogP contribution in [0.5, 0.6) is 0 Å². The third-order valence-corrected chi connectivity index (χ3v) is 3.18. The Bertz CT molecular complexity index is 360. The van der Waals surface area contributed by atoms with Crippen molar-refractivity contribution >= 4 is 21.7 Å². The summed E-state index contributed by atoms with van der Waals surface area (Å²) in [5.41, 5.74) is 0. The molecule has 0 N–H and O–H groups in total. The molecule has 4 heteroatoms. The molecule has 78 valence electrons. The molecule has 1 fully saturated rings. The van der Waals surface area contributed by atoms with Gasteiger partial charge in [0.05, 0.1) is 6.07 Å². The predicted octanol–water partition coefficient (Wildman–Crippen LogP) is 2.58. The van der Waals surface area contributed by atoms with Crippen LogP contribution in [0.25, 0.3) is 0 Å². The third-order valence-electron chi connectivity index (χ3n) is 2.71. The van der Waals surface area contributed by atoms with Crippen molar-refractivity contribution < 1.29 is 0 Å². The van der Waals surface area contributed by atoms with Crippen LogP contribution in [0.1, 0.15) is 12.8 Å². The highest BCUT2D eigenvalue weighted by molar-refractivity contribution is 9.10. The van der Waals surface area contributed by atoms with E-state index in [1.807, 2.05) is 18.3 Å². The van der Waals surface area contributed by atoms with E-state index in [1.165, 1.54) is 0 Å². The summed E-state index contributed by atoms with van der Waals surface area (Å²) in [6.07, 6.45) is 3.72. The summed E-state index contributed by atoms with van der Waals surface area (Å²) in [5, 5.41) is 8.79. The number of hydrogen-bond acceptors (Lipinski definition) is 3. The molecular weight excluding hydrogens is 254 g/mol. The van der Waals surface area contributed by atoms with Gasteiger partial charge in [-0.25, -0.2) is 4.98 Å². The number of piperidine rings is 1. The molecule has 2 rings (SSSR count). The first kappa shape index (κ1) is 10.4. The number of rotatable bonds is 1. The van der Waals surface area contributed by atoms with Gasteiger partial charge in [-0.1, -0.05) is 0 Å². The number of nitrogens with zero attached hydrogens (tertiary/aromatic N) is 3. The van der Waals surface area contributed by atoms with Gasteiger partial charge in [-0.05, 0) is 40.9 Å². The Morgan fingerprint density at radius 2 is 2.13 bits per heavy atom. The molecule has 0 radical (unpaired) electrons. The fourth-order valence-corrected chi connectivity index (χ4v) is 2.03. The standard InChI is InChI=1S/C11H12BrN3/c12-10-1-2-11(14-8-10)15-5-3-9(7-13)4-6-15/h1-2,8-9H,3-6H2. The molecule has 2 heterocycles. The maximum Gasteiger partial charge on any atom is 0.128 e. The molecule has 1 aliphatic rings. The van der Waals surface area contributed by atoms with E-state index < -0.39 is 0 Å². The lowest BCUT2D eigenvalue weighted by atomic mass is 9.99. The normalized spacial score (nSPS) is 17.5. The van der Waals surface area contributed by atoms with Crippen LogP contribution < -0.4 is 4.90 Å². The monoisotopic (exact) mass is 265 g/mol. The van der Waals surface area contributed by atoms with Gasteiger partial charge >= 0.3 is 0 Å². The maximum absolute atomic E-state index is 8.79. The first-order valence-electron chi connectivity index (χ1n) is 5.05. The van der Waals surface area contributed by atoms with Gasteiger partial charge in [0.1, 0.15) is 5.82 Å². The summed E-state index contributed by atoms with van der Waals surface area (Å²) in [7, 11) is 0. The molecule has 3 nitrogen and oxygen atoms in total. The van der Waals surface area contributed by atoms with Crippen LogP contribution in [0.2, 0.25) is 0 Å². The minimum Gasteiger partial charge on any atom is -0.357 e. The second kappa shape index (κ2) is 4.63. The van der Waals surface area contributed by atoms with Crippen molar-refractivity contribution in [2.24, 2.45) is 5.92 Å². The van der Waals surface area contributed by atoms with Crippen LogP contribution in [-0.2, 0) is 0 Å². The van der Waals surface area contributed by atoms with Gasteiger partial charge in [-0.15, -0.1) is 0 Å². The highest BCUT2D eigenvalue weighted by Crippen LogP contribution is 2.22. The fourth-order valence-electron chi connectivity index (χ4n) is 1.79. The van der Waals surface area contributed by atoms with E-state index in [4.69, 9.17) is 5.26 Å². The molecule has 0 saturated carbocycles. The zero-order chi connectivity index (χ0) is 10.7. The topological polar surface area (TPSA) is 39.9 Å². The Balaban J connectivity index is 2.02. The second-order valence-electron chi connectivity index (χ2n) is 3.73. The Labute approximate surface area is 97.9 Å². The van der Waals surface area contributed by atoms with Gasteiger partial charge in [0.2, 0.25) is 0 Å². The minimum absolute atomic E-state index is 0.233. The molecule has 0 bridgehead atoms. The van der Waals surface area contributed by atoms with Gasteiger partial charge in [-0.2, -0.15) is 5.26 Å². The van der Waals surface area contributed by atoms with Crippen LogP contribution in [0.4, 0.5) is 5.82 Å². The van der Waals surface area contributed by atoms with E-state index >= 15 is 0 Å². The molecular formula is C11H12BrN3. The van der Waals surface area contributed by atoms with E-state index in [0.29, 0.717) is 0 Å². The van der Waals surface area contributed by atoms with Gasteiger partial charge in [0, 0.05) is 29.7 Å². The summed E-state index contributed by atoms with van der Waals surface area (Å²) < 4.78 is 0.998. The second-order valence-corrected chi connectivity index (χ2v) is 4.64. The number of halogens is 1. The molecule has 0 unspecified atom stereocenters. The third kappa shape index (κ3) is 2.48. The Morgan fingerprint density at radius 1 is 1.40 bits per heavy atom. The summed E-state index contributed by atoms with van der Waals surface area (Å²) in [5.74, 6) is 1.24. The van der Waals surface area contributed by atoms with Crippen molar-refractivity contribution in [2.75, 3.05) is 18.0 Å².